The van der Waals surface area contributed by atoms with Gasteiger partial charge in [0.05, 0.1) is 12.5 Å². The summed E-state index contributed by atoms with van der Waals surface area (Å²) in [5, 5.41) is 19.1. The Morgan fingerprint density at radius 2 is 2.00 bits per heavy atom. The summed E-state index contributed by atoms with van der Waals surface area (Å²) in [7, 11) is 0. The Hall–Kier alpha value is -1.71. The second-order valence-corrected chi connectivity index (χ2v) is 5.51. The lowest BCUT2D eigenvalue weighted by Gasteiger charge is -2.17. The first-order valence-electron chi connectivity index (χ1n) is 7.68. The van der Waals surface area contributed by atoms with Crippen LogP contribution >= 0.6 is 0 Å². The van der Waals surface area contributed by atoms with E-state index in [2.05, 4.69) is 13.8 Å². The van der Waals surface area contributed by atoms with Gasteiger partial charge in [0.15, 0.2) is 0 Å². The number of unbranched alkanes of at least 4 members (excludes halogenated alkanes) is 1. The van der Waals surface area contributed by atoms with Crippen molar-refractivity contribution in [1.82, 2.24) is 0 Å². The smallest absolute Gasteiger partial charge is 0.313 e. The van der Waals surface area contributed by atoms with Crippen molar-refractivity contribution in [2.24, 2.45) is 5.92 Å². The highest BCUT2D eigenvalue weighted by atomic mass is 16.5. The third-order valence-corrected chi connectivity index (χ3v) is 3.84. The van der Waals surface area contributed by atoms with Crippen molar-refractivity contribution in [3.05, 3.63) is 23.8 Å². The quantitative estimate of drug-likeness (QED) is 0.712. The zero-order chi connectivity index (χ0) is 15.8. The van der Waals surface area contributed by atoms with Crippen LogP contribution in [0.3, 0.4) is 0 Å². The number of rotatable bonds is 8. The molecule has 2 N–H and O–H groups in total. The van der Waals surface area contributed by atoms with Crippen molar-refractivity contribution in [1.29, 1.82) is 0 Å². The number of benzene rings is 1. The maximum absolute atomic E-state index is 12.1. The molecule has 2 atom stereocenters. The summed E-state index contributed by atoms with van der Waals surface area (Å²) in [6.45, 7) is 6.37. The maximum Gasteiger partial charge on any atom is 0.313 e. The Bertz CT molecular complexity index is 456. The van der Waals surface area contributed by atoms with E-state index in [-0.39, 0.29) is 17.5 Å². The summed E-state index contributed by atoms with van der Waals surface area (Å²) in [5.74, 6) is -0.602. The Morgan fingerprint density at radius 1 is 1.29 bits per heavy atom. The van der Waals surface area contributed by atoms with Gasteiger partial charge in [-0.1, -0.05) is 39.2 Å². The van der Waals surface area contributed by atoms with E-state index in [0.29, 0.717) is 18.1 Å². The fourth-order valence-corrected chi connectivity index (χ4v) is 2.25. The van der Waals surface area contributed by atoms with Crippen LogP contribution in [0.2, 0.25) is 0 Å². The molecule has 0 heterocycles. The van der Waals surface area contributed by atoms with E-state index < -0.39 is 5.92 Å². The molecule has 0 aliphatic carbocycles. The van der Waals surface area contributed by atoms with Crippen LogP contribution in [-0.4, -0.2) is 22.8 Å². The van der Waals surface area contributed by atoms with E-state index in [1.54, 1.807) is 13.0 Å². The molecule has 0 spiro atoms. The Morgan fingerprint density at radius 3 is 2.57 bits per heavy atom. The predicted octanol–water partition coefficient (Wildman–Crippen LogP) is 3.96. The van der Waals surface area contributed by atoms with Gasteiger partial charge in [0.2, 0.25) is 0 Å². The van der Waals surface area contributed by atoms with Gasteiger partial charge in [-0.3, -0.25) is 4.79 Å². The van der Waals surface area contributed by atoms with Crippen molar-refractivity contribution in [2.45, 2.75) is 52.4 Å². The lowest BCUT2D eigenvalue weighted by Crippen LogP contribution is -2.18. The minimum absolute atomic E-state index is 0.0255. The topological polar surface area (TPSA) is 66.8 Å². The van der Waals surface area contributed by atoms with E-state index in [4.69, 9.17) is 4.74 Å². The summed E-state index contributed by atoms with van der Waals surface area (Å²) in [5.41, 5.74) is 0.472. The van der Waals surface area contributed by atoms with Gasteiger partial charge in [0.1, 0.15) is 11.5 Å². The first-order valence-corrected chi connectivity index (χ1v) is 7.68. The number of carbonyl (C=O) groups is 1. The molecule has 0 saturated heterocycles. The molecule has 0 aliphatic heterocycles. The Kier molecular flexibility index (Phi) is 7.06. The van der Waals surface area contributed by atoms with Gasteiger partial charge >= 0.3 is 5.97 Å². The van der Waals surface area contributed by atoms with Gasteiger partial charge < -0.3 is 14.9 Å². The number of ether oxygens (including phenoxy) is 1. The summed E-state index contributed by atoms with van der Waals surface area (Å²) >= 11 is 0. The number of phenols is 2. The second kappa shape index (κ2) is 8.55. The number of hydrogen-bond donors (Lipinski definition) is 2. The minimum Gasteiger partial charge on any atom is -0.508 e. The zero-order valence-corrected chi connectivity index (χ0v) is 13.1. The van der Waals surface area contributed by atoms with Crippen LogP contribution in [0.4, 0.5) is 0 Å². The van der Waals surface area contributed by atoms with Gasteiger partial charge in [0, 0.05) is 11.6 Å². The van der Waals surface area contributed by atoms with Crippen LogP contribution in [0, 0.1) is 5.92 Å². The van der Waals surface area contributed by atoms with Crippen LogP contribution in [0.15, 0.2) is 18.2 Å². The molecule has 1 aromatic carbocycles. The molecule has 0 bridgehead atoms. The third kappa shape index (κ3) is 5.29. The molecule has 4 nitrogen and oxygen atoms in total. The fraction of sp³-hybridized carbons (Fsp3) is 0.588. The number of phenolic OH excluding ortho intramolecular Hbond substituents is 2. The SMILES string of the molecule is CCCCC(CC)COC(=O)C(C)c1ccc(O)cc1O. The standard InChI is InChI=1S/C17H26O4/c1-4-6-7-13(5-2)11-21-17(20)12(3)15-9-8-14(18)10-16(15)19/h8-10,12-13,18-19H,4-7,11H2,1-3H3. The van der Waals surface area contributed by atoms with E-state index in [1.165, 1.54) is 12.1 Å². The van der Waals surface area contributed by atoms with E-state index in [0.717, 1.165) is 25.7 Å². The van der Waals surface area contributed by atoms with Crippen molar-refractivity contribution in [3.63, 3.8) is 0 Å². The lowest BCUT2D eigenvalue weighted by atomic mass is 9.99. The maximum atomic E-state index is 12.1. The molecule has 4 heteroatoms. The predicted molar refractivity (Wildman–Crippen MR) is 82.5 cm³/mol. The first kappa shape index (κ1) is 17.3. The Balaban J connectivity index is 2.58. The average Bonchev–Trinajstić information content (AvgIpc) is 2.46. The fourth-order valence-electron chi connectivity index (χ4n) is 2.25. The average molecular weight is 294 g/mol. The lowest BCUT2D eigenvalue weighted by molar-refractivity contribution is -0.146. The van der Waals surface area contributed by atoms with Crippen LogP contribution in [0.5, 0.6) is 11.5 Å². The number of carbonyl (C=O) groups excluding carboxylic acids is 1. The van der Waals surface area contributed by atoms with Crippen molar-refractivity contribution >= 4 is 5.97 Å². The van der Waals surface area contributed by atoms with Crippen LogP contribution in [0.1, 0.15) is 57.9 Å². The molecule has 118 valence electrons. The van der Waals surface area contributed by atoms with Gasteiger partial charge in [-0.05, 0) is 25.3 Å². The van der Waals surface area contributed by atoms with Gasteiger partial charge in [-0.2, -0.15) is 0 Å². The van der Waals surface area contributed by atoms with E-state index >= 15 is 0 Å². The van der Waals surface area contributed by atoms with Gasteiger partial charge in [-0.25, -0.2) is 0 Å². The highest BCUT2D eigenvalue weighted by Crippen LogP contribution is 2.30. The molecule has 2 unspecified atom stereocenters. The monoisotopic (exact) mass is 294 g/mol. The minimum atomic E-state index is -0.547. The zero-order valence-electron chi connectivity index (χ0n) is 13.1. The van der Waals surface area contributed by atoms with Gasteiger partial charge in [0.25, 0.3) is 0 Å². The summed E-state index contributed by atoms with van der Waals surface area (Å²) < 4.78 is 5.38. The summed E-state index contributed by atoms with van der Waals surface area (Å²) in [4.78, 5) is 12.1. The highest BCUT2D eigenvalue weighted by Gasteiger charge is 2.21. The van der Waals surface area contributed by atoms with Crippen molar-refractivity contribution < 1.29 is 19.7 Å². The summed E-state index contributed by atoms with van der Waals surface area (Å²) in [6, 6.07) is 4.23. The van der Waals surface area contributed by atoms with E-state index in [9.17, 15) is 15.0 Å². The molecule has 0 amide bonds. The number of aromatic hydroxyl groups is 2. The number of esters is 1. The first-order chi connectivity index (χ1) is 9.99. The molecule has 0 saturated carbocycles. The molecule has 0 fully saturated rings. The summed E-state index contributed by atoms with van der Waals surface area (Å²) in [6.07, 6.45) is 4.35. The molecular weight excluding hydrogens is 268 g/mol. The largest absolute Gasteiger partial charge is 0.508 e. The normalized spacial score (nSPS) is 13.7. The Labute approximate surface area is 126 Å². The van der Waals surface area contributed by atoms with E-state index in [1.807, 2.05) is 0 Å². The van der Waals surface area contributed by atoms with Crippen LogP contribution < -0.4 is 0 Å². The van der Waals surface area contributed by atoms with Crippen LogP contribution in [0.25, 0.3) is 0 Å². The molecular formula is C17H26O4. The van der Waals surface area contributed by atoms with Crippen LogP contribution in [-0.2, 0) is 9.53 Å². The van der Waals surface area contributed by atoms with Crippen molar-refractivity contribution in [3.8, 4) is 11.5 Å². The van der Waals surface area contributed by atoms with Gasteiger partial charge in [-0.15, -0.1) is 0 Å². The number of hydrogen-bond acceptors (Lipinski definition) is 4. The third-order valence-electron chi connectivity index (χ3n) is 3.84. The second-order valence-electron chi connectivity index (χ2n) is 5.51. The highest BCUT2D eigenvalue weighted by molar-refractivity contribution is 5.78. The molecule has 0 aromatic heterocycles. The molecule has 1 aromatic rings. The molecule has 21 heavy (non-hydrogen) atoms. The molecule has 0 radical (unpaired) electrons. The molecule has 1 rings (SSSR count). The molecule has 0 aliphatic rings. The van der Waals surface area contributed by atoms with Crippen molar-refractivity contribution in [2.75, 3.05) is 6.61 Å².